The van der Waals surface area contributed by atoms with Crippen molar-refractivity contribution in [3.05, 3.63) is 76.8 Å². The summed E-state index contributed by atoms with van der Waals surface area (Å²) < 4.78 is 5.65. The molecule has 1 atom stereocenters. The number of imide groups is 1. The minimum Gasteiger partial charge on any atom is -0.491 e. The minimum atomic E-state index is -0.602. The highest BCUT2D eigenvalue weighted by Gasteiger charge is 2.34. The lowest BCUT2D eigenvalue weighted by Gasteiger charge is -2.36. The Morgan fingerprint density at radius 3 is 2.18 bits per heavy atom. The van der Waals surface area contributed by atoms with Gasteiger partial charge in [-0.25, -0.2) is 0 Å². The Kier molecular flexibility index (Phi) is 6.55. The first-order valence-electron chi connectivity index (χ1n) is 11.7. The van der Waals surface area contributed by atoms with E-state index >= 15 is 0 Å². The van der Waals surface area contributed by atoms with Gasteiger partial charge in [-0.2, -0.15) is 0 Å². The van der Waals surface area contributed by atoms with Crippen molar-refractivity contribution < 1.29 is 19.4 Å². The van der Waals surface area contributed by atoms with Gasteiger partial charge in [0.15, 0.2) is 0 Å². The Hall–Kier alpha value is -2.93. The third-order valence-electron chi connectivity index (χ3n) is 6.73. The van der Waals surface area contributed by atoms with Crippen LogP contribution >= 0.6 is 11.6 Å². The monoisotopic (exact) mass is 478 g/mol. The second-order valence-corrected chi connectivity index (χ2v) is 9.53. The predicted molar refractivity (Wildman–Crippen MR) is 131 cm³/mol. The van der Waals surface area contributed by atoms with Gasteiger partial charge in [0.2, 0.25) is 0 Å². The van der Waals surface area contributed by atoms with Crippen molar-refractivity contribution >= 4 is 34.2 Å². The van der Waals surface area contributed by atoms with Crippen LogP contribution in [0.1, 0.15) is 33.6 Å². The van der Waals surface area contributed by atoms with Crippen LogP contribution in [-0.4, -0.2) is 65.6 Å². The molecule has 176 valence electrons. The van der Waals surface area contributed by atoms with Gasteiger partial charge in [-0.15, -0.1) is 0 Å². The van der Waals surface area contributed by atoms with Crippen molar-refractivity contribution in [2.45, 2.75) is 18.9 Å². The summed E-state index contributed by atoms with van der Waals surface area (Å²) in [5, 5.41) is 12.7. The highest BCUT2D eigenvalue weighted by molar-refractivity contribution is 6.30. The number of halogens is 1. The molecule has 3 aromatic rings. The zero-order valence-corrected chi connectivity index (χ0v) is 19.6. The van der Waals surface area contributed by atoms with E-state index in [4.69, 9.17) is 16.3 Å². The number of hydrogen-bond donors (Lipinski definition) is 1. The van der Waals surface area contributed by atoms with Crippen LogP contribution in [0.15, 0.2) is 60.7 Å². The fourth-order valence-electron chi connectivity index (χ4n) is 4.93. The number of piperidine rings is 1. The van der Waals surface area contributed by atoms with Gasteiger partial charge in [0.05, 0.1) is 0 Å². The number of carbonyl (C=O) groups excluding carboxylic acids is 2. The molecule has 1 N–H and O–H groups in total. The number of β-amino-alcohol motifs (C(OH)–C–C–N with tert-alkyl or cyclic N) is 1. The van der Waals surface area contributed by atoms with Crippen molar-refractivity contribution in [2.24, 2.45) is 5.92 Å². The summed E-state index contributed by atoms with van der Waals surface area (Å²) in [6.45, 7) is 2.79. The molecule has 0 saturated carbocycles. The standard InChI is InChI=1S/C27H27ClN2O4/c28-20-7-9-22(10-8-20)34-17-21(31)16-29-13-11-18(12-14-29)15-30-26(32)23-5-1-3-19-4-2-6-24(25(19)23)27(30)33/h1-10,18,21,31H,11-17H2. The molecule has 2 aliphatic rings. The molecular weight excluding hydrogens is 452 g/mol. The topological polar surface area (TPSA) is 70.1 Å². The lowest BCUT2D eigenvalue weighted by Crippen LogP contribution is -2.46. The molecule has 0 aliphatic carbocycles. The van der Waals surface area contributed by atoms with E-state index in [1.807, 2.05) is 36.4 Å². The van der Waals surface area contributed by atoms with Crippen LogP contribution in [0.5, 0.6) is 5.75 Å². The average molecular weight is 479 g/mol. The number of aliphatic hydroxyl groups excluding tert-OH is 1. The van der Waals surface area contributed by atoms with Crippen molar-refractivity contribution in [1.29, 1.82) is 0 Å². The van der Waals surface area contributed by atoms with Crippen molar-refractivity contribution in [2.75, 3.05) is 32.8 Å². The fraction of sp³-hybridized carbons (Fsp3) is 0.333. The Bertz CT molecular complexity index is 1150. The molecular formula is C27H27ClN2O4. The number of aliphatic hydroxyl groups is 1. The maximum atomic E-state index is 13.1. The van der Waals surface area contributed by atoms with E-state index in [2.05, 4.69) is 4.90 Å². The molecule has 1 unspecified atom stereocenters. The van der Waals surface area contributed by atoms with E-state index in [9.17, 15) is 14.7 Å². The van der Waals surface area contributed by atoms with Gasteiger partial charge in [-0.3, -0.25) is 14.5 Å². The number of rotatable bonds is 7. The largest absolute Gasteiger partial charge is 0.491 e. The molecule has 1 fully saturated rings. The zero-order valence-electron chi connectivity index (χ0n) is 18.8. The molecule has 0 spiro atoms. The zero-order chi connectivity index (χ0) is 23.7. The van der Waals surface area contributed by atoms with E-state index in [1.165, 1.54) is 4.90 Å². The molecule has 2 amide bonds. The SMILES string of the molecule is O=C1c2cccc3cccc(c23)C(=O)N1CC1CCN(CC(O)COc2ccc(Cl)cc2)CC1. The number of hydrogen-bond acceptors (Lipinski definition) is 5. The number of ether oxygens (including phenoxy) is 1. The Morgan fingerprint density at radius 1 is 0.941 bits per heavy atom. The minimum absolute atomic E-state index is 0.202. The van der Waals surface area contributed by atoms with Crippen LogP contribution in [-0.2, 0) is 0 Å². The van der Waals surface area contributed by atoms with Crippen molar-refractivity contribution in [1.82, 2.24) is 9.80 Å². The van der Waals surface area contributed by atoms with Gasteiger partial charge in [-0.1, -0.05) is 35.9 Å². The van der Waals surface area contributed by atoms with E-state index in [0.717, 1.165) is 36.7 Å². The van der Waals surface area contributed by atoms with E-state index in [1.54, 1.807) is 24.3 Å². The van der Waals surface area contributed by atoms with Crippen molar-refractivity contribution in [3.63, 3.8) is 0 Å². The van der Waals surface area contributed by atoms with Crippen LogP contribution < -0.4 is 4.74 Å². The van der Waals surface area contributed by atoms with Crippen LogP contribution in [0, 0.1) is 5.92 Å². The molecule has 2 heterocycles. The first kappa shape index (κ1) is 22.8. The fourth-order valence-corrected chi connectivity index (χ4v) is 5.06. The van der Waals surface area contributed by atoms with Gasteiger partial charge in [0, 0.05) is 34.6 Å². The van der Waals surface area contributed by atoms with Crippen LogP contribution in [0.25, 0.3) is 10.8 Å². The molecule has 0 aromatic heterocycles. The van der Waals surface area contributed by atoms with Gasteiger partial charge in [-0.05, 0) is 73.6 Å². The Labute approximate surface area is 203 Å². The maximum Gasteiger partial charge on any atom is 0.261 e. The highest BCUT2D eigenvalue weighted by atomic mass is 35.5. The predicted octanol–water partition coefficient (Wildman–Crippen LogP) is 4.24. The normalized spacial score (nSPS) is 17.9. The van der Waals surface area contributed by atoms with Gasteiger partial charge >= 0.3 is 0 Å². The van der Waals surface area contributed by atoms with Crippen LogP contribution in [0.4, 0.5) is 0 Å². The number of nitrogens with zero attached hydrogens (tertiary/aromatic N) is 2. The third kappa shape index (κ3) is 4.67. The van der Waals surface area contributed by atoms with E-state index in [-0.39, 0.29) is 24.3 Å². The van der Waals surface area contributed by atoms with Gasteiger partial charge < -0.3 is 14.7 Å². The van der Waals surface area contributed by atoms with E-state index < -0.39 is 6.10 Å². The quantitative estimate of drug-likeness (QED) is 0.514. The molecule has 7 heteroatoms. The second kappa shape index (κ2) is 9.74. The van der Waals surface area contributed by atoms with Crippen molar-refractivity contribution in [3.8, 4) is 5.75 Å². The third-order valence-corrected chi connectivity index (χ3v) is 6.98. The second-order valence-electron chi connectivity index (χ2n) is 9.09. The molecule has 6 nitrogen and oxygen atoms in total. The summed E-state index contributed by atoms with van der Waals surface area (Å²) in [6, 6.07) is 18.3. The molecule has 1 saturated heterocycles. The molecule has 0 bridgehead atoms. The molecule has 3 aromatic carbocycles. The van der Waals surface area contributed by atoms with Crippen LogP contribution in [0.2, 0.25) is 5.02 Å². The lowest BCUT2D eigenvalue weighted by atomic mass is 9.91. The molecule has 0 radical (unpaired) electrons. The highest BCUT2D eigenvalue weighted by Crippen LogP contribution is 2.31. The van der Waals surface area contributed by atoms with Gasteiger partial charge in [0.1, 0.15) is 18.5 Å². The van der Waals surface area contributed by atoms with Crippen LogP contribution in [0.3, 0.4) is 0 Å². The summed E-state index contributed by atoms with van der Waals surface area (Å²) in [4.78, 5) is 29.9. The molecule has 5 rings (SSSR count). The number of amides is 2. The van der Waals surface area contributed by atoms with E-state index in [0.29, 0.717) is 35.0 Å². The summed E-state index contributed by atoms with van der Waals surface area (Å²) in [5.41, 5.74) is 1.21. The lowest BCUT2D eigenvalue weighted by molar-refractivity contribution is 0.0453. The maximum absolute atomic E-state index is 13.1. The first-order chi connectivity index (χ1) is 16.5. The number of benzene rings is 3. The molecule has 34 heavy (non-hydrogen) atoms. The average Bonchev–Trinajstić information content (AvgIpc) is 2.85. The Balaban J connectivity index is 1.14. The Morgan fingerprint density at radius 2 is 1.56 bits per heavy atom. The van der Waals surface area contributed by atoms with Gasteiger partial charge in [0.25, 0.3) is 11.8 Å². The number of likely N-dealkylation sites (tertiary alicyclic amines) is 1. The smallest absolute Gasteiger partial charge is 0.261 e. The number of carbonyl (C=O) groups is 2. The summed E-state index contributed by atoms with van der Waals surface area (Å²) in [7, 11) is 0. The summed E-state index contributed by atoms with van der Waals surface area (Å²) in [5.74, 6) is 0.518. The summed E-state index contributed by atoms with van der Waals surface area (Å²) in [6.07, 6.45) is 1.14. The molecule has 2 aliphatic heterocycles. The first-order valence-corrected chi connectivity index (χ1v) is 12.0. The summed E-state index contributed by atoms with van der Waals surface area (Å²) >= 11 is 5.88.